The Morgan fingerprint density at radius 2 is 1.69 bits per heavy atom. The number of hydrogen-bond donors (Lipinski definition) is 1. The zero-order chi connectivity index (χ0) is 21.7. The van der Waals surface area contributed by atoms with Crippen LogP contribution in [0.15, 0.2) is 48.5 Å². The summed E-state index contributed by atoms with van der Waals surface area (Å²) in [6.45, 7) is 8.65. The van der Waals surface area contributed by atoms with Gasteiger partial charge in [-0.1, -0.05) is 51.1 Å². The lowest BCUT2D eigenvalue weighted by molar-refractivity contribution is -0.119. The molecule has 7 heteroatoms. The van der Waals surface area contributed by atoms with E-state index in [2.05, 4.69) is 26.1 Å². The summed E-state index contributed by atoms with van der Waals surface area (Å²) in [5.41, 5.74) is 2.35. The maximum Gasteiger partial charge on any atom is 0.241 e. The standard InChI is InChI=1S/C22H30N2O4S/c1-6-28-20-10-8-7-9-17(20)15-23-21(25)16-24(29(5,26)27)19-13-11-18(12-14-19)22(2,3)4/h7-14H,6,15-16H2,1-5H3,(H,23,25). The minimum Gasteiger partial charge on any atom is -0.494 e. The van der Waals surface area contributed by atoms with Crippen molar-refractivity contribution < 1.29 is 17.9 Å². The highest BCUT2D eigenvalue weighted by Gasteiger charge is 2.22. The first-order chi connectivity index (χ1) is 13.5. The van der Waals surface area contributed by atoms with Crippen LogP contribution in [-0.4, -0.2) is 33.7 Å². The zero-order valence-electron chi connectivity index (χ0n) is 17.7. The molecule has 0 unspecified atom stereocenters. The number of carbonyl (C=O) groups is 1. The summed E-state index contributed by atoms with van der Waals surface area (Å²) in [7, 11) is -3.61. The van der Waals surface area contributed by atoms with E-state index in [1.54, 1.807) is 12.1 Å². The van der Waals surface area contributed by atoms with Gasteiger partial charge in [-0.3, -0.25) is 9.10 Å². The summed E-state index contributed by atoms with van der Waals surface area (Å²) in [5, 5.41) is 2.78. The number of rotatable bonds is 8. The smallest absolute Gasteiger partial charge is 0.241 e. The fraction of sp³-hybridized carbons (Fsp3) is 0.409. The number of carbonyl (C=O) groups excluding carboxylic acids is 1. The van der Waals surface area contributed by atoms with Crippen LogP contribution in [-0.2, 0) is 26.8 Å². The van der Waals surface area contributed by atoms with Crippen molar-refractivity contribution in [3.8, 4) is 5.75 Å². The highest BCUT2D eigenvalue weighted by molar-refractivity contribution is 7.92. The summed E-state index contributed by atoms with van der Waals surface area (Å²) < 4.78 is 31.2. The first-order valence-electron chi connectivity index (χ1n) is 9.58. The van der Waals surface area contributed by atoms with Gasteiger partial charge in [0.25, 0.3) is 0 Å². The fourth-order valence-electron chi connectivity index (χ4n) is 2.85. The van der Waals surface area contributed by atoms with Crippen molar-refractivity contribution in [2.24, 2.45) is 0 Å². The number of nitrogens with one attached hydrogen (secondary N) is 1. The van der Waals surface area contributed by atoms with Crippen molar-refractivity contribution in [2.45, 2.75) is 39.7 Å². The number of ether oxygens (including phenoxy) is 1. The second-order valence-electron chi connectivity index (χ2n) is 7.88. The predicted molar refractivity (Wildman–Crippen MR) is 117 cm³/mol. The lowest BCUT2D eigenvalue weighted by Gasteiger charge is -2.24. The molecule has 158 valence electrons. The summed E-state index contributed by atoms with van der Waals surface area (Å²) in [4.78, 5) is 12.5. The zero-order valence-corrected chi connectivity index (χ0v) is 18.5. The Balaban J connectivity index is 2.12. The summed E-state index contributed by atoms with van der Waals surface area (Å²) in [6, 6.07) is 14.7. The summed E-state index contributed by atoms with van der Waals surface area (Å²) in [5.74, 6) is 0.315. The van der Waals surface area contributed by atoms with Crippen LogP contribution in [0, 0.1) is 0 Å². The number of para-hydroxylation sites is 1. The van der Waals surface area contributed by atoms with E-state index >= 15 is 0 Å². The lowest BCUT2D eigenvalue weighted by Crippen LogP contribution is -2.40. The van der Waals surface area contributed by atoms with Crippen molar-refractivity contribution in [3.05, 3.63) is 59.7 Å². The van der Waals surface area contributed by atoms with E-state index in [4.69, 9.17) is 4.74 Å². The second kappa shape index (κ2) is 9.31. The molecule has 6 nitrogen and oxygen atoms in total. The maximum atomic E-state index is 12.5. The highest BCUT2D eigenvalue weighted by atomic mass is 32.2. The Morgan fingerprint density at radius 1 is 1.07 bits per heavy atom. The molecule has 2 aromatic carbocycles. The van der Waals surface area contributed by atoms with E-state index in [1.165, 1.54) is 0 Å². The number of nitrogens with zero attached hydrogens (tertiary/aromatic N) is 1. The summed E-state index contributed by atoms with van der Waals surface area (Å²) >= 11 is 0. The Morgan fingerprint density at radius 3 is 2.24 bits per heavy atom. The second-order valence-corrected chi connectivity index (χ2v) is 9.79. The first-order valence-corrected chi connectivity index (χ1v) is 11.4. The monoisotopic (exact) mass is 418 g/mol. The van der Waals surface area contributed by atoms with Crippen LogP contribution in [0.3, 0.4) is 0 Å². The number of anilines is 1. The van der Waals surface area contributed by atoms with E-state index < -0.39 is 10.0 Å². The molecule has 1 N–H and O–H groups in total. The molecule has 29 heavy (non-hydrogen) atoms. The van der Waals surface area contributed by atoms with Gasteiger partial charge >= 0.3 is 0 Å². The van der Waals surface area contributed by atoms with E-state index in [0.717, 1.165) is 21.7 Å². The normalized spacial score (nSPS) is 11.8. The summed E-state index contributed by atoms with van der Waals surface area (Å²) in [6.07, 6.45) is 1.10. The van der Waals surface area contributed by atoms with Crippen molar-refractivity contribution in [1.82, 2.24) is 5.32 Å². The largest absolute Gasteiger partial charge is 0.494 e. The van der Waals surface area contributed by atoms with Gasteiger partial charge in [0.1, 0.15) is 12.3 Å². The van der Waals surface area contributed by atoms with Crippen LogP contribution < -0.4 is 14.4 Å². The van der Waals surface area contributed by atoms with Crippen LogP contribution in [0.25, 0.3) is 0 Å². The molecule has 1 amide bonds. The topological polar surface area (TPSA) is 75.7 Å². The van der Waals surface area contributed by atoms with Gasteiger partial charge in [-0.25, -0.2) is 8.42 Å². The molecule has 0 radical (unpaired) electrons. The Kier molecular flexibility index (Phi) is 7.30. The molecule has 0 spiro atoms. The quantitative estimate of drug-likeness (QED) is 0.712. The molecule has 0 saturated heterocycles. The van der Waals surface area contributed by atoms with Crippen molar-refractivity contribution >= 4 is 21.6 Å². The SMILES string of the molecule is CCOc1ccccc1CNC(=O)CN(c1ccc(C(C)(C)C)cc1)S(C)(=O)=O. The molecule has 0 aromatic heterocycles. The Hall–Kier alpha value is -2.54. The molecule has 0 atom stereocenters. The molecule has 0 saturated carbocycles. The van der Waals surface area contributed by atoms with Crippen LogP contribution in [0.1, 0.15) is 38.8 Å². The van der Waals surface area contributed by atoms with Gasteiger partial charge in [0.2, 0.25) is 15.9 Å². The minimum atomic E-state index is -3.61. The van der Waals surface area contributed by atoms with Crippen molar-refractivity contribution in [2.75, 3.05) is 23.7 Å². The number of benzene rings is 2. The molecule has 2 rings (SSSR count). The number of sulfonamides is 1. The van der Waals surface area contributed by atoms with Crippen LogP contribution in [0.4, 0.5) is 5.69 Å². The third-order valence-electron chi connectivity index (χ3n) is 4.46. The molecule has 0 fully saturated rings. The maximum absolute atomic E-state index is 12.5. The first kappa shape index (κ1) is 22.7. The molecule has 0 aliphatic heterocycles. The average Bonchev–Trinajstić information content (AvgIpc) is 2.64. The van der Waals surface area contributed by atoms with Crippen LogP contribution in [0.2, 0.25) is 0 Å². The van der Waals surface area contributed by atoms with E-state index in [0.29, 0.717) is 18.0 Å². The molecule has 0 aliphatic carbocycles. The van der Waals surface area contributed by atoms with Crippen molar-refractivity contribution in [3.63, 3.8) is 0 Å². The van der Waals surface area contributed by atoms with Gasteiger partial charge in [0, 0.05) is 12.1 Å². The lowest BCUT2D eigenvalue weighted by atomic mass is 9.87. The molecule has 2 aromatic rings. The Bertz CT molecular complexity index is 932. The van der Waals surface area contributed by atoms with Gasteiger partial charge in [0.15, 0.2) is 0 Å². The third-order valence-corrected chi connectivity index (χ3v) is 5.60. The fourth-order valence-corrected chi connectivity index (χ4v) is 3.71. The highest BCUT2D eigenvalue weighted by Crippen LogP contribution is 2.26. The van der Waals surface area contributed by atoms with Gasteiger partial charge in [-0.15, -0.1) is 0 Å². The third kappa shape index (κ3) is 6.49. The van der Waals surface area contributed by atoms with Crippen LogP contribution in [0.5, 0.6) is 5.75 Å². The molecule has 0 bridgehead atoms. The van der Waals surface area contributed by atoms with Gasteiger partial charge in [-0.2, -0.15) is 0 Å². The number of hydrogen-bond acceptors (Lipinski definition) is 4. The van der Waals surface area contributed by atoms with Gasteiger partial charge in [-0.05, 0) is 36.1 Å². The van der Waals surface area contributed by atoms with E-state index in [9.17, 15) is 13.2 Å². The Labute approximate surface area is 173 Å². The van der Waals surface area contributed by atoms with Crippen LogP contribution >= 0.6 is 0 Å². The number of amides is 1. The molecular formula is C22H30N2O4S. The van der Waals surface area contributed by atoms with Gasteiger partial charge in [0.05, 0.1) is 18.6 Å². The molecular weight excluding hydrogens is 388 g/mol. The minimum absolute atomic E-state index is 0.0419. The van der Waals surface area contributed by atoms with E-state index in [-0.39, 0.29) is 24.4 Å². The molecule has 0 aliphatic rings. The molecule has 0 heterocycles. The van der Waals surface area contributed by atoms with Gasteiger partial charge < -0.3 is 10.1 Å². The average molecular weight is 419 g/mol. The van der Waals surface area contributed by atoms with Crippen molar-refractivity contribution in [1.29, 1.82) is 0 Å². The predicted octanol–water partition coefficient (Wildman–Crippen LogP) is 3.47. The van der Waals surface area contributed by atoms with E-state index in [1.807, 2.05) is 43.3 Å².